The molecule has 0 fully saturated rings. The molecule has 0 saturated carbocycles. The van der Waals surface area contributed by atoms with Gasteiger partial charge in [0.05, 0.1) is 6.21 Å². The maximum atomic E-state index is 10.6. The van der Waals surface area contributed by atoms with Gasteiger partial charge in [-0.3, -0.25) is 4.79 Å². The largest absolute Gasteiger partial charge is 0.272 e. The van der Waals surface area contributed by atoms with Gasteiger partial charge in [0.1, 0.15) is 5.88 Å². The molecular weight excluding hydrogens is 188 g/mol. The van der Waals surface area contributed by atoms with Crippen molar-refractivity contribution in [2.45, 2.75) is 0 Å². The third-order valence-corrected chi connectivity index (χ3v) is 1.57. The van der Waals surface area contributed by atoms with Gasteiger partial charge in [0.2, 0.25) is 0 Å². The lowest BCUT2D eigenvalue weighted by molar-refractivity contribution is -0.118. The predicted molar refractivity (Wildman–Crippen MR) is 52.9 cm³/mol. The van der Waals surface area contributed by atoms with Crippen LogP contribution in [0.3, 0.4) is 0 Å². The maximum absolute atomic E-state index is 10.6. The van der Waals surface area contributed by atoms with E-state index in [2.05, 4.69) is 10.5 Å². The van der Waals surface area contributed by atoms with Gasteiger partial charge in [0, 0.05) is 0 Å². The van der Waals surface area contributed by atoms with Crippen LogP contribution in [0.5, 0.6) is 0 Å². The van der Waals surface area contributed by atoms with Crippen molar-refractivity contribution in [1.82, 2.24) is 5.43 Å². The predicted octanol–water partition coefficient (Wildman–Crippen LogP) is 1.38. The van der Waals surface area contributed by atoms with Crippen molar-refractivity contribution in [1.29, 1.82) is 0 Å². The van der Waals surface area contributed by atoms with Crippen LogP contribution in [0, 0.1) is 0 Å². The van der Waals surface area contributed by atoms with Crippen molar-refractivity contribution in [3.05, 3.63) is 35.9 Å². The molecule has 13 heavy (non-hydrogen) atoms. The number of carbonyl (C=O) groups excluding carboxylic acids is 1. The van der Waals surface area contributed by atoms with Crippen molar-refractivity contribution in [3.8, 4) is 0 Å². The van der Waals surface area contributed by atoms with E-state index in [0.717, 1.165) is 5.56 Å². The summed E-state index contributed by atoms with van der Waals surface area (Å²) in [6.07, 6.45) is 1.56. The smallest absolute Gasteiger partial charge is 0.254 e. The fourth-order valence-electron chi connectivity index (χ4n) is 0.748. The monoisotopic (exact) mass is 196 g/mol. The van der Waals surface area contributed by atoms with Crippen molar-refractivity contribution in [3.63, 3.8) is 0 Å². The van der Waals surface area contributed by atoms with Crippen LogP contribution in [0.15, 0.2) is 35.4 Å². The summed E-state index contributed by atoms with van der Waals surface area (Å²) in [4.78, 5) is 10.6. The van der Waals surface area contributed by atoms with Gasteiger partial charge in [-0.1, -0.05) is 30.3 Å². The Kier molecular flexibility index (Phi) is 3.99. The van der Waals surface area contributed by atoms with Crippen LogP contribution in [0.1, 0.15) is 5.56 Å². The molecule has 3 nitrogen and oxygen atoms in total. The van der Waals surface area contributed by atoms with Gasteiger partial charge in [-0.2, -0.15) is 5.10 Å². The molecule has 1 aromatic rings. The van der Waals surface area contributed by atoms with Gasteiger partial charge < -0.3 is 0 Å². The summed E-state index contributed by atoms with van der Waals surface area (Å²) in [6, 6.07) is 9.47. The Labute approximate surface area is 81.4 Å². The number of alkyl halides is 1. The average Bonchev–Trinajstić information content (AvgIpc) is 2.19. The Balaban J connectivity index is 2.45. The number of carbonyl (C=O) groups is 1. The molecule has 1 N–H and O–H groups in total. The zero-order valence-corrected chi connectivity index (χ0v) is 7.66. The van der Waals surface area contributed by atoms with Gasteiger partial charge in [0.15, 0.2) is 0 Å². The second kappa shape index (κ2) is 5.32. The van der Waals surface area contributed by atoms with Gasteiger partial charge >= 0.3 is 0 Å². The Morgan fingerprint density at radius 3 is 2.77 bits per heavy atom. The SMILES string of the molecule is O=C(CCl)N/N=C/c1ccccc1. The van der Waals surface area contributed by atoms with E-state index in [1.165, 1.54) is 0 Å². The topological polar surface area (TPSA) is 41.5 Å². The number of amides is 1. The Hall–Kier alpha value is -1.35. The minimum Gasteiger partial charge on any atom is -0.272 e. The third kappa shape index (κ3) is 3.71. The Bertz CT molecular complexity index is 298. The summed E-state index contributed by atoms with van der Waals surface area (Å²) in [5.41, 5.74) is 3.21. The molecule has 0 aliphatic heterocycles. The van der Waals surface area contributed by atoms with Gasteiger partial charge in [0.25, 0.3) is 5.91 Å². The second-order valence-corrected chi connectivity index (χ2v) is 2.60. The molecule has 68 valence electrons. The molecule has 0 heterocycles. The number of hydrogen-bond donors (Lipinski definition) is 1. The van der Waals surface area contributed by atoms with E-state index in [-0.39, 0.29) is 11.8 Å². The van der Waals surface area contributed by atoms with Crippen LogP contribution in [0.25, 0.3) is 0 Å². The number of nitrogens with zero attached hydrogens (tertiary/aromatic N) is 1. The summed E-state index contributed by atoms with van der Waals surface area (Å²) < 4.78 is 0. The molecule has 0 aromatic heterocycles. The van der Waals surface area contributed by atoms with Crippen LogP contribution >= 0.6 is 11.6 Å². The quantitative estimate of drug-likeness (QED) is 0.443. The molecule has 0 bridgehead atoms. The molecule has 1 amide bonds. The van der Waals surface area contributed by atoms with E-state index in [0.29, 0.717) is 0 Å². The first-order chi connectivity index (χ1) is 6.33. The molecule has 0 unspecified atom stereocenters. The van der Waals surface area contributed by atoms with Gasteiger partial charge in [-0.05, 0) is 5.56 Å². The molecule has 0 saturated heterocycles. The highest BCUT2D eigenvalue weighted by molar-refractivity contribution is 6.27. The van der Waals surface area contributed by atoms with Gasteiger partial charge in [-0.15, -0.1) is 11.6 Å². The van der Waals surface area contributed by atoms with Crippen molar-refractivity contribution in [2.75, 3.05) is 5.88 Å². The van der Waals surface area contributed by atoms with E-state index >= 15 is 0 Å². The van der Waals surface area contributed by atoms with Crippen LogP contribution in [0.2, 0.25) is 0 Å². The standard InChI is InChI=1S/C9H9ClN2O/c10-6-9(13)12-11-7-8-4-2-1-3-5-8/h1-5,7H,6H2,(H,12,13)/b11-7+. The van der Waals surface area contributed by atoms with Crippen molar-refractivity contribution >= 4 is 23.7 Å². The number of hydrogen-bond acceptors (Lipinski definition) is 2. The summed E-state index contributed by atoms with van der Waals surface area (Å²) in [7, 11) is 0. The Morgan fingerprint density at radius 1 is 1.46 bits per heavy atom. The van der Waals surface area contributed by atoms with Crippen LogP contribution < -0.4 is 5.43 Å². The molecular formula is C9H9ClN2O. The molecule has 0 aliphatic carbocycles. The first kappa shape index (κ1) is 9.74. The normalized spacial score (nSPS) is 10.2. The fraction of sp³-hybridized carbons (Fsp3) is 0.111. The lowest BCUT2D eigenvalue weighted by Gasteiger charge is -1.93. The first-order valence-electron chi connectivity index (χ1n) is 3.76. The maximum Gasteiger partial charge on any atom is 0.254 e. The minimum absolute atomic E-state index is 0.0773. The van der Waals surface area contributed by atoms with Crippen molar-refractivity contribution < 1.29 is 4.79 Å². The third-order valence-electron chi connectivity index (χ3n) is 1.32. The molecule has 0 radical (unpaired) electrons. The van der Waals surface area contributed by atoms with Crippen LogP contribution in [0.4, 0.5) is 0 Å². The average molecular weight is 197 g/mol. The summed E-state index contributed by atoms with van der Waals surface area (Å²) in [5, 5.41) is 3.70. The van der Waals surface area contributed by atoms with E-state index in [1.807, 2.05) is 30.3 Å². The highest BCUT2D eigenvalue weighted by Crippen LogP contribution is 1.92. The van der Waals surface area contributed by atoms with Crippen LogP contribution in [-0.2, 0) is 4.79 Å². The lowest BCUT2D eigenvalue weighted by Crippen LogP contribution is -2.18. The number of nitrogens with one attached hydrogen (secondary N) is 1. The first-order valence-corrected chi connectivity index (χ1v) is 4.29. The van der Waals surface area contributed by atoms with E-state index in [1.54, 1.807) is 6.21 Å². The summed E-state index contributed by atoms with van der Waals surface area (Å²) >= 11 is 5.25. The summed E-state index contributed by atoms with van der Waals surface area (Å²) in [5.74, 6) is -0.389. The zero-order valence-electron chi connectivity index (χ0n) is 6.90. The van der Waals surface area contributed by atoms with E-state index in [9.17, 15) is 4.79 Å². The minimum atomic E-state index is -0.311. The van der Waals surface area contributed by atoms with Crippen molar-refractivity contribution in [2.24, 2.45) is 5.10 Å². The Morgan fingerprint density at radius 2 is 2.15 bits per heavy atom. The second-order valence-electron chi connectivity index (χ2n) is 2.34. The van der Waals surface area contributed by atoms with E-state index in [4.69, 9.17) is 11.6 Å². The number of hydrazone groups is 1. The van der Waals surface area contributed by atoms with E-state index < -0.39 is 0 Å². The van der Waals surface area contributed by atoms with Crippen LogP contribution in [-0.4, -0.2) is 18.0 Å². The summed E-state index contributed by atoms with van der Waals surface area (Å²) in [6.45, 7) is 0. The number of benzene rings is 1. The highest BCUT2D eigenvalue weighted by atomic mass is 35.5. The molecule has 4 heteroatoms. The van der Waals surface area contributed by atoms with Gasteiger partial charge in [-0.25, -0.2) is 5.43 Å². The zero-order chi connectivity index (χ0) is 9.52. The number of rotatable bonds is 3. The molecule has 0 aliphatic rings. The lowest BCUT2D eigenvalue weighted by atomic mass is 10.2. The fourth-order valence-corrected chi connectivity index (χ4v) is 0.808. The molecule has 1 rings (SSSR count). The molecule has 0 atom stereocenters. The molecule has 1 aromatic carbocycles. The highest BCUT2D eigenvalue weighted by Gasteiger charge is 1.92. The molecule has 0 spiro atoms. The number of halogens is 1.